The highest BCUT2D eigenvalue weighted by Gasteiger charge is 1.92. The van der Waals surface area contributed by atoms with E-state index in [0.717, 1.165) is 18.3 Å². The van der Waals surface area contributed by atoms with Crippen molar-refractivity contribution in [3.63, 3.8) is 0 Å². The molecule has 0 saturated carbocycles. The summed E-state index contributed by atoms with van der Waals surface area (Å²) in [4.78, 5) is 4.38. The molecule has 0 N–H and O–H groups in total. The molecule has 0 atom stereocenters. The smallest absolute Gasteiger partial charge is 0.0397 e. The quantitative estimate of drug-likeness (QED) is 0.454. The zero-order valence-corrected chi connectivity index (χ0v) is 10.7. The molecule has 0 aromatic heterocycles. The van der Waals surface area contributed by atoms with Crippen molar-refractivity contribution in [3.8, 4) is 0 Å². The lowest BCUT2D eigenvalue weighted by Gasteiger charge is -1.98. The summed E-state index contributed by atoms with van der Waals surface area (Å²) in [7, 11) is 0. The maximum absolute atomic E-state index is 4.38. The third-order valence-corrected chi connectivity index (χ3v) is 3.00. The second-order valence-electron chi connectivity index (χ2n) is 3.68. The summed E-state index contributed by atoms with van der Waals surface area (Å²) in [5.41, 5.74) is 1.17. The van der Waals surface area contributed by atoms with Gasteiger partial charge in [0, 0.05) is 18.1 Å². The van der Waals surface area contributed by atoms with Crippen LogP contribution in [0.5, 0.6) is 0 Å². The van der Waals surface area contributed by atoms with Gasteiger partial charge in [0.2, 0.25) is 0 Å². The number of fused-ring (bicyclic) bond motifs is 1. The minimum atomic E-state index is 0.887. The molecular formula is C14H14BrN. The Hall–Kier alpha value is -1.15. The Labute approximate surface area is 104 Å². The number of nitrogens with zero attached hydrogens (tertiary/aromatic N) is 1. The summed E-state index contributed by atoms with van der Waals surface area (Å²) in [5.74, 6) is 0. The normalized spacial score (nSPS) is 11.3. The molecule has 2 aromatic rings. The van der Waals surface area contributed by atoms with Gasteiger partial charge in [0.05, 0.1) is 0 Å². The van der Waals surface area contributed by atoms with Crippen molar-refractivity contribution in [2.75, 3.05) is 11.9 Å². The van der Waals surface area contributed by atoms with E-state index in [2.05, 4.69) is 63.4 Å². The van der Waals surface area contributed by atoms with E-state index in [1.165, 1.54) is 16.3 Å². The average Bonchev–Trinajstić information content (AvgIpc) is 2.34. The van der Waals surface area contributed by atoms with Crippen LogP contribution in [0.4, 0.5) is 0 Å². The Morgan fingerprint density at radius 3 is 2.69 bits per heavy atom. The number of hydrogen-bond donors (Lipinski definition) is 0. The first-order chi connectivity index (χ1) is 7.90. The molecule has 2 aromatic carbocycles. The van der Waals surface area contributed by atoms with Gasteiger partial charge in [0.15, 0.2) is 0 Å². The lowest BCUT2D eigenvalue weighted by molar-refractivity contribution is 0.954. The molecule has 0 aliphatic rings. The van der Waals surface area contributed by atoms with Gasteiger partial charge >= 0.3 is 0 Å². The second-order valence-corrected chi connectivity index (χ2v) is 4.48. The highest BCUT2D eigenvalue weighted by Crippen LogP contribution is 2.14. The fourth-order valence-electron chi connectivity index (χ4n) is 1.61. The third-order valence-electron chi connectivity index (χ3n) is 2.43. The van der Waals surface area contributed by atoms with Crippen molar-refractivity contribution in [2.24, 2.45) is 4.99 Å². The number of benzene rings is 2. The summed E-state index contributed by atoms with van der Waals surface area (Å²) < 4.78 is 0. The van der Waals surface area contributed by atoms with Crippen molar-refractivity contribution < 1.29 is 0 Å². The summed E-state index contributed by atoms with van der Waals surface area (Å²) in [6.45, 7) is 0.887. The largest absolute Gasteiger partial charge is 0.293 e. The Balaban J connectivity index is 2.16. The van der Waals surface area contributed by atoms with E-state index in [0.29, 0.717) is 0 Å². The molecule has 0 aliphatic carbocycles. The lowest BCUT2D eigenvalue weighted by Crippen LogP contribution is -1.85. The molecule has 0 heterocycles. The molecule has 82 valence electrons. The Kier molecular flexibility index (Phi) is 4.11. The fraction of sp³-hybridized carbons (Fsp3) is 0.214. The molecular weight excluding hydrogens is 262 g/mol. The predicted molar refractivity (Wildman–Crippen MR) is 74.8 cm³/mol. The summed E-state index contributed by atoms with van der Waals surface area (Å²) in [6, 6.07) is 14.8. The van der Waals surface area contributed by atoms with Crippen LogP contribution in [-0.2, 0) is 0 Å². The van der Waals surface area contributed by atoms with E-state index >= 15 is 0 Å². The van der Waals surface area contributed by atoms with Crippen molar-refractivity contribution >= 4 is 32.9 Å². The van der Waals surface area contributed by atoms with E-state index in [1.807, 2.05) is 6.21 Å². The van der Waals surface area contributed by atoms with E-state index in [1.54, 1.807) is 0 Å². The number of aliphatic imine (C=N–C) groups is 1. The van der Waals surface area contributed by atoms with Crippen molar-refractivity contribution in [1.82, 2.24) is 0 Å². The van der Waals surface area contributed by atoms with E-state index in [4.69, 9.17) is 0 Å². The Morgan fingerprint density at radius 2 is 1.88 bits per heavy atom. The lowest BCUT2D eigenvalue weighted by atomic mass is 10.1. The van der Waals surface area contributed by atoms with Crippen LogP contribution in [0.3, 0.4) is 0 Å². The predicted octanol–water partition coefficient (Wildman–Crippen LogP) is 4.04. The molecule has 0 spiro atoms. The molecule has 1 nitrogen and oxygen atoms in total. The van der Waals surface area contributed by atoms with Crippen molar-refractivity contribution in [2.45, 2.75) is 6.42 Å². The van der Waals surface area contributed by atoms with Crippen LogP contribution in [0.25, 0.3) is 10.8 Å². The Bertz CT molecular complexity index is 491. The number of alkyl halides is 1. The molecule has 0 saturated heterocycles. The topological polar surface area (TPSA) is 12.4 Å². The first kappa shape index (κ1) is 11.3. The molecule has 2 rings (SSSR count). The van der Waals surface area contributed by atoms with Crippen LogP contribution in [0.15, 0.2) is 47.5 Å². The highest BCUT2D eigenvalue weighted by atomic mass is 79.9. The molecule has 0 fully saturated rings. The van der Waals surface area contributed by atoms with Gasteiger partial charge in [0.1, 0.15) is 0 Å². The summed E-state index contributed by atoms with van der Waals surface area (Å²) in [5, 5.41) is 3.56. The minimum absolute atomic E-state index is 0.887. The molecule has 0 unspecified atom stereocenters. The molecule has 0 radical (unpaired) electrons. The first-order valence-corrected chi connectivity index (χ1v) is 6.57. The summed E-state index contributed by atoms with van der Waals surface area (Å²) >= 11 is 3.39. The maximum atomic E-state index is 4.38. The second kappa shape index (κ2) is 5.80. The van der Waals surface area contributed by atoms with Gasteiger partial charge in [-0.15, -0.1) is 0 Å². The average molecular weight is 276 g/mol. The van der Waals surface area contributed by atoms with Crippen LogP contribution in [0.1, 0.15) is 12.0 Å². The number of rotatable bonds is 4. The van der Waals surface area contributed by atoms with Gasteiger partial charge in [-0.25, -0.2) is 0 Å². The molecule has 2 heteroatoms. The minimum Gasteiger partial charge on any atom is -0.293 e. The van der Waals surface area contributed by atoms with Crippen LogP contribution in [0.2, 0.25) is 0 Å². The highest BCUT2D eigenvalue weighted by molar-refractivity contribution is 9.09. The Morgan fingerprint density at radius 1 is 1.06 bits per heavy atom. The zero-order chi connectivity index (χ0) is 11.2. The van der Waals surface area contributed by atoms with Crippen LogP contribution in [-0.4, -0.2) is 18.1 Å². The third kappa shape index (κ3) is 2.92. The van der Waals surface area contributed by atoms with Gasteiger partial charge < -0.3 is 0 Å². The molecule has 16 heavy (non-hydrogen) atoms. The van der Waals surface area contributed by atoms with Crippen LogP contribution < -0.4 is 0 Å². The zero-order valence-electron chi connectivity index (χ0n) is 9.07. The maximum Gasteiger partial charge on any atom is 0.0397 e. The van der Waals surface area contributed by atoms with Crippen LogP contribution in [0, 0.1) is 0 Å². The van der Waals surface area contributed by atoms with Crippen molar-refractivity contribution in [1.29, 1.82) is 0 Å². The van der Waals surface area contributed by atoms with Crippen molar-refractivity contribution in [3.05, 3.63) is 48.0 Å². The summed E-state index contributed by atoms with van der Waals surface area (Å²) in [6.07, 6.45) is 3.04. The van der Waals surface area contributed by atoms with Gasteiger partial charge in [-0.2, -0.15) is 0 Å². The van der Waals surface area contributed by atoms with Gasteiger partial charge in [0.25, 0.3) is 0 Å². The van der Waals surface area contributed by atoms with E-state index < -0.39 is 0 Å². The standard InChI is InChI=1S/C14H14BrN/c15-8-3-9-16-11-12-6-7-13-4-1-2-5-14(13)10-12/h1-2,4-7,10-11H,3,8-9H2. The number of hydrogen-bond acceptors (Lipinski definition) is 1. The monoisotopic (exact) mass is 275 g/mol. The van der Waals surface area contributed by atoms with E-state index in [9.17, 15) is 0 Å². The molecule has 0 bridgehead atoms. The molecule has 0 amide bonds. The van der Waals surface area contributed by atoms with Crippen LogP contribution >= 0.6 is 15.9 Å². The molecule has 0 aliphatic heterocycles. The van der Waals surface area contributed by atoms with E-state index in [-0.39, 0.29) is 0 Å². The fourth-order valence-corrected chi connectivity index (χ4v) is 1.86. The first-order valence-electron chi connectivity index (χ1n) is 5.45. The van der Waals surface area contributed by atoms with Gasteiger partial charge in [-0.1, -0.05) is 52.3 Å². The SMILES string of the molecule is BrCCCN=Cc1ccc2ccccc2c1. The van der Waals surface area contributed by atoms with Gasteiger partial charge in [-0.05, 0) is 28.8 Å². The van der Waals surface area contributed by atoms with Gasteiger partial charge in [-0.3, -0.25) is 4.99 Å². The number of halogens is 1.